The molecule has 1 N–H and O–H groups in total. The molecule has 2 rings (SSSR count). The fourth-order valence-electron chi connectivity index (χ4n) is 1.67. The van der Waals surface area contributed by atoms with Crippen LogP contribution in [0.2, 0.25) is 0 Å². The Bertz CT molecular complexity index is 506. The molecule has 1 aromatic carbocycles. The quantitative estimate of drug-likeness (QED) is 0.795. The first-order valence-corrected chi connectivity index (χ1v) is 6.53. The first-order valence-electron chi connectivity index (χ1n) is 5.62. The molecule has 0 spiro atoms. The number of halogens is 1. The van der Waals surface area contributed by atoms with Gasteiger partial charge < -0.3 is 4.74 Å². The first-order chi connectivity index (χ1) is 8.42. The average Bonchev–Trinajstić information content (AvgIpc) is 2.65. The van der Waals surface area contributed by atoms with Gasteiger partial charge in [0, 0.05) is 10.5 Å². The van der Waals surface area contributed by atoms with Crippen LogP contribution in [0.5, 0.6) is 0 Å². The molecule has 0 saturated carbocycles. The summed E-state index contributed by atoms with van der Waals surface area (Å²) in [4.78, 5) is 13.8. The lowest BCUT2D eigenvalue weighted by Crippen LogP contribution is -2.41. The summed E-state index contributed by atoms with van der Waals surface area (Å²) < 4.78 is 5.35. The van der Waals surface area contributed by atoms with Crippen molar-refractivity contribution in [2.24, 2.45) is 0 Å². The fourth-order valence-corrected chi connectivity index (χ4v) is 2.02. The van der Waals surface area contributed by atoms with Crippen LogP contribution in [-0.2, 0) is 4.74 Å². The predicted octanol–water partition coefficient (Wildman–Crippen LogP) is 3.64. The highest BCUT2D eigenvalue weighted by molar-refractivity contribution is 9.11. The predicted molar refractivity (Wildman–Crippen MR) is 75.2 cm³/mol. The molecule has 5 heteroatoms. The molecule has 1 heterocycles. The number of anilines is 1. The van der Waals surface area contributed by atoms with Crippen molar-refractivity contribution in [1.82, 2.24) is 5.43 Å². The number of ether oxygens (including phenoxy) is 1. The molecular formula is C13H15BrN2O2. The van der Waals surface area contributed by atoms with E-state index in [1.165, 1.54) is 5.01 Å². The summed E-state index contributed by atoms with van der Waals surface area (Å²) in [5.74, 6) is 0. The third kappa shape index (κ3) is 2.51. The van der Waals surface area contributed by atoms with Crippen LogP contribution in [0, 0.1) is 0 Å². The second-order valence-electron chi connectivity index (χ2n) is 4.97. The van der Waals surface area contributed by atoms with Gasteiger partial charge in [0.25, 0.3) is 0 Å². The van der Waals surface area contributed by atoms with E-state index in [2.05, 4.69) is 21.4 Å². The van der Waals surface area contributed by atoms with Gasteiger partial charge in [0.05, 0.1) is 11.4 Å². The third-order valence-corrected chi connectivity index (χ3v) is 2.81. The van der Waals surface area contributed by atoms with E-state index in [4.69, 9.17) is 4.74 Å². The topological polar surface area (TPSA) is 41.6 Å². The molecule has 0 saturated heterocycles. The third-order valence-electron chi connectivity index (χ3n) is 2.35. The Morgan fingerprint density at radius 2 is 2.06 bits per heavy atom. The van der Waals surface area contributed by atoms with Crippen molar-refractivity contribution in [3.8, 4) is 0 Å². The summed E-state index contributed by atoms with van der Waals surface area (Å²) in [7, 11) is 0. The Balaban J connectivity index is 2.30. The number of hydrogen-bond acceptors (Lipinski definition) is 3. The van der Waals surface area contributed by atoms with E-state index < -0.39 is 11.7 Å². The number of fused-ring (bicyclic) bond motifs is 1. The molecule has 0 fully saturated rings. The SMILES string of the molecule is CC(C)(C)OC(=O)N1N/C(=C/Br)c2ccccc21. The molecule has 0 aromatic heterocycles. The minimum Gasteiger partial charge on any atom is -0.442 e. The molecule has 0 atom stereocenters. The maximum absolute atomic E-state index is 12.1. The number of nitrogens with one attached hydrogen (secondary N) is 1. The van der Waals surface area contributed by atoms with Crippen molar-refractivity contribution in [1.29, 1.82) is 0 Å². The fraction of sp³-hybridized carbons (Fsp3) is 0.308. The lowest BCUT2D eigenvalue weighted by atomic mass is 10.1. The van der Waals surface area contributed by atoms with Gasteiger partial charge in [-0.05, 0) is 26.8 Å². The summed E-state index contributed by atoms with van der Waals surface area (Å²) in [5.41, 5.74) is 5.06. The van der Waals surface area contributed by atoms with E-state index in [1.54, 1.807) is 4.99 Å². The normalized spacial score (nSPS) is 16.4. The van der Waals surface area contributed by atoms with Crippen LogP contribution in [-0.4, -0.2) is 11.7 Å². The van der Waals surface area contributed by atoms with E-state index >= 15 is 0 Å². The van der Waals surface area contributed by atoms with Gasteiger partial charge in [-0.3, -0.25) is 5.43 Å². The summed E-state index contributed by atoms with van der Waals surface area (Å²) in [5, 5.41) is 1.41. The maximum atomic E-state index is 12.1. The van der Waals surface area contributed by atoms with Crippen LogP contribution < -0.4 is 10.4 Å². The van der Waals surface area contributed by atoms with Gasteiger partial charge in [-0.1, -0.05) is 34.1 Å². The van der Waals surface area contributed by atoms with Gasteiger partial charge in [0.15, 0.2) is 0 Å². The second kappa shape index (κ2) is 4.65. The number of hydrogen-bond donors (Lipinski definition) is 1. The van der Waals surface area contributed by atoms with E-state index in [0.717, 1.165) is 16.9 Å². The second-order valence-corrected chi connectivity index (χ2v) is 5.43. The Morgan fingerprint density at radius 3 is 2.67 bits per heavy atom. The lowest BCUT2D eigenvalue weighted by molar-refractivity contribution is 0.0572. The van der Waals surface area contributed by atoms with E-state index in [1.807, 2.05) is 45.0 Å². The zero-order valence-electron chi connectivity index (χ0n) is 10.5. The minimum atomic E-state index is -0.519. The molecule has 0 unspecified atom stereocenters. The van der Waals surface area contributed by atoms with Crippen LogP contribution in [0.1, 0.15) is 26.3 Å². The summed E-state index contributed by atoms with van der Waals surface area (Å²) >= 11 is 3.28. The molecule has 4 nitrogen and oxygen atoms in total. The van der Waals surface area contributed by atoms with Gasteiger partial charge in [-0.2, -0.15) is 5.01 Å². The van der Waals surface area contributed by atoms with Crippen LogP contribution in [0.25, 0.3) is 5.70 Å². The highest BCUT2D eigenvalue weighted by Crippen LogP contribution is 2.33. The molecule has 0 radical (unpaired) electrons. The van der Waals surface area contributed by atoms with Crippen LogP contribution in [0.15, 0.2) is 29.3 Å². The highest BCUT2D eigenvalue weighted by Gasteiger charge is 2.31. The average molecular weight is 311 g/mol. The lowest BCUT2D eigenvalue weighted by Gasteiger charge is -2.24. The van der Waals surface area contributed by atoms with E-state index in [0.29, 0.717) is 0 Å². The number of benzene rings is 1. The van der Waals surface area contributed by atoms with Crippen molar-refractivity contribution in [3.05, 3.63) is 34.8 Å². The number of hydrazine groups is 1. The van der Waals surface area contributed by atoms with Crippen molar-refractivity contribution in [2.45, 2.75) is 26.4 Å². The van der Waals surface area contributed by atoms with Crippen molar-refractivity contribution < 1.29 is 9.53 Å². The molecule has 1 aliphatic rings. The first kappa shape index (κ1) is 13.0. The van der Waals surface area contributed by atoms with Crippen molar-refractivity contribution >= 4 is 33.4 Å². The summed E-state index contributed by atoms with van der Waals surface area (Å²) in [6.45, 7) is 5.52. The molecule has 0 aliphatic carbocycles. The molecule has 1 aliphatic heterocycles. The summed E-state index contributed by atoms with van der Waals surface area (Å²) in [6, 6.07) is 7.63. The van der Waals surface area contributed by atoms with Gasteiger partial charge in [-0.15, -0.1) is 0 Å². The Labute approximate surface area is 115 Å². The zero-order chi connectivity index (χ0) is 13.3. The van der Waals surface area contributed by atoms with E-state index in [9.17, 15) is 4.79 Å². The number of nitrogens with zero attached hydrogens (tertiary/aromatic N) is 1. The standard InChI is InChI=1S/C13H15BrN2O2/c1-13(2,3)18-12(17)16-11-7-5-4-6-9(11)10(8-14)15-16/h4-8,15H,1-3H3/b10-8+. The Kier molecular flexibility index (Phi) is 3.34. The molecule has 18 heavy (non-hydrogen) atoms. The highest BCUT2D eigenvalue weighted by atomic mass is 79.9. The smallest absolute Gasteiger partial charge is 0.433 e. The van der Waals surface area contributed by atoms with Gasteiger partial charge in [-0.25, -0.2) is 4.79 Å². The van der Waals surface area contributed by atoms with Crippen LogP contribution in [0.4, 0.5) is 10.5 Å². The number of carbonyl (C=O) groups excluding carboxylic acids is 1. The monoisotopic (exact) mass is 310 g/mol. The molecule has 1 aromatic rings. The Hall–Kier alpha value is -1.49. The van der Waals surface area contributed by atoms with E-state index in [-0.39, 0.29) is 0 Å². The van der Waals surface area contributed by atoms with Gasteiger partial charge >= 0.3 is 6.09 Å². The van der Waals surface area contributed by atoms with Crippen LogP contribution in [0.3, 0.4) is 0 Å². The summed E-state index contributed by atoms with van der Waals surface area (Å²) in [6.07, 6.45) is -0.417. The number of rotatable bonds is 0. The number of carbonyl (C=O) groups is 1. The zero-order valence-corrected chi connectivity index (χ0v) is 12.1. The largest absolute Gasteiger partial charge is 0.442 e. The molecule has 1 amide bonds. The molecule has 96 valence electrons. The van der Waals surface area contributed by atoms with Crippen molar-refractivity contribution in [2.75, 3.05) is 5.01 Å². The van der Waals surface area contributed by atoms with Gasteiger partial charge in [0.2, 0.25) is 0 Å². The maximum Gasteiger partial charge on any atom is 0.433 e. The van der Waals surface area contributed by atoms with Crippen LogP contribution >= 0.6 is 15.9 Å². The molecular weight excluding hydrogens is 296 g/mol. The Morgan fingerprint density at radius 1 is 1.39 bits per heavy atom. The minimum absolute atomic E-state index is 0.417. The number of amides is 1. The van der Waals surface area contributed by atoms with Gasteiger partial charge in [0.1, 0.15) is 5.60 Å². The van der Waals surface area contributed by atoms with Crippen molar-refractivity contribution in [3.63, 3.8) is 0 Å². The molecule has 0 bridgehead atoms. The number of para-hydroxylation sites is 1.